The van der Waals surface area contributed by atoms with Crippen molar-refractivity contribution < 1.29 is 36.9 Å². The Morgan fingerprint density at radius 3 is 2.42 bits per heavy atom. The van der Waals surface area contributed by atoms with Crippen LogP contribution in [-0.4, -0.2) is 58.8 Å². The van der Waals surface area contributed by atoms with Gasteiger partial charge in [0.2, 0.25) is 0 Å². The molecule has 5 rings (SSSR count). The number of aliphatic hydroxyl groups excluding tert-OH is 2. The summed E-state index contributed by atoms with van der Waals surface area (Å²) in [6.45, 7) is 3.85. The Bertz CT molecular complexity index is 1530. The maximum atomic E-state index is 14.1. The van der Waals surface area contributed by atoms with Gasteiger partial charge in [-0.3, -0.25) is 0 Å². The minimum absolute atomic E-state index is 0.0342. The van der Waals surface area contributed by atoms with Crippen LogP contribution in [0.4, 0.5) is 22.0 Å². The molecule has 4 unspecified atom stereocenters. The van der Waals surface area contributed by atoms with Gasteiger partial charge in [-0.2, -0.15) is 18.3 Å². The quantitative estimate of drug-likeness (QED) is 0.350. The van der Waals surface area contributed by atoms with Crippen LogP contribution < -0.4 is 0 Å². The largest absolute Gasteiger partial charge is 0.418 e. The number of aryl methyl sites for hydroxylation is 2. The number of rotatable bonds is 5. The van der Waals surface area contributed by atoms with Crippen LogP contribution in [0.2, 0.25) is 0 Å². The van der Waals surface area contributed by atoms with Gasteiger partial charge in [-0.1, -0.05) is 11.3 Å². The Labute approximate surface area is 224 Å². The zero-order valence-corrected chi connectivity index (χ0v) is 21.6. The molecule has 0 aliphatic carbocycles. The van der Waals surface area contributed by atoms with Crippen molar-refractivity contribution in [2.24, 2.45) is 0 Å². The summed E-state index contributed by atoms with van der Waals surface area (Å²) in [5, 5.41) is 33.1. The summed E-state index contributed by atoms with van der Waals surface area (Å²) in [7, 11) is 0. The van der Waals surface area contributed by atoms with Crippen molar-refractivity contribution in [2.45, 2.75) is 57.7 Å². The van der Waals surface area contributed by atoms with Gasteiger partial charge >= 0.3 is 6.18 Å². The third kappa shape index (κ3) is 5.09. The molecule has 4 atom stereocenters. The zero-order chi connectivity index (χ0) is 28.9. The highest BCUT2D eigenvalue weighted by Gasteiger charge is 2.42. The SMILES string of the molecule is Cc1ccc(C(F)(F)F)c(-n2nc(C)nc2C2CC(n3cc(-c4cc(F)c(C)c(F)c4)nn3)C(O)C(CO)O2)c1. The van der Waals surface area contributed by atoms with Crippen LogP contribution in [0.3, 0.4) is 0 Å². The van der Waals surface area contributed by atoms with E-state index in [1.165, 1.54) is 36.9 Å². The molecule has 3 heterocycles. The molecular formula is C26H25F5N6O3. The van der Waals surface area contributed by atoms with Crippen LogP contribution in [0.5, 0.6) is 0 Å². The Balaban J connectivity index is 1.54. The van der Waals surface area contributed by atoms with Crippen molar-refractivity contribution in [3.63, 3.8) is 0 Å². The number of halogens is 5. The zero-order valence-electron chi connectivity index (χ0n) is 21.6. The van der Waals surface area contributed by atoms with Crippen LogP contribution in [0.25, 0.3) is 16.9 Å². The minimum atomic E-state index is -4.67. The van der Waals surface area contributed by atoms with Gasteiger partial charge in [-0.25, -0.2) is 23.1 Å². The van der Waals surface area contributed by atoms with Crippen LogP contribution in [0.1, 0.15) is 46.9 Å². The third-order valence-electron chi connectivity index (χ3n) is 6.89. The molecule has 2 aromatic carbocycles. The topological polar surface area (TPSA) is 111 Å². The average Bonchev–Trinajstić information content (AvgIpc) is 3.53. The molecule has 1 aliphatic heterocycles. The number of nitrogens with zero attached hydrogens (tertiary/aromatic N) is 6. The second-order valence-corrected chi connectivity index (χ2v) is 9.74. The summed E-state index contributed by atoms with van der Waals surface area (Å²) in [5.74, 6) is -1.31. The fourth-order valence-corrected chi connectivity index (χ4v) is 4.77. The van der Waals surface area contributed by atoms with E-state index >= 15 is 0 Å². The number of hydrogen-bond acceptors (Lipinski definition) is 7. The number of aromatic nitrogens is 6. The first-order valence-electron chi connectivity index (χ1n) is 12.3. The number of hydrogen-bond donors (Lipinski definition) is 2. The number of alkyl halides is 3. The Hall–Kier alpha value is -3.75. The number of benzene rings is 2. The second-order valence-electron chi connectivity index (χ2n) is 9.74. The van der Waals surface area contributed by atoms with E-state index < -0.39 is 54.3 Å². The smallest absolute Gasteiger partial charge is 0.394 e. The molecule has 40 heavy (non-hydrogen) atoms. The third-order valence-corrected chi connectivity index (χ3v) is 6.89. The summed E-state index contributed by atoms with van der Waals surface area (Å²) in [5.41, 5.74) is -0.505. The molecule has 4 aromatic rings. The maximum Gasteiger partial charge on any atom is 0.418 e. The molecule has 0 radical (unpaired) electrons. The van der Waals surface area contributed by atoms with Gasteiger partial charge in [0.1, 0.15) is 41.5 Å². The molecule has 14 heteroatoms. The molecule has 1 fully saturated rings. The highest BCUT2D eigenvalue weighted by molar-refractivity contribution is 5.58. The van der Waals surface area contributed by atoms with E-state index in [0.29, 0.717) is 5.56 Å². The summed E-state index contributed by atoms with van der Waals surface area (Å²) in [6.07, 6.45) is -6.81. The Kier molecular flexibility index (Phi) is 7.18. The second kappa shape index (κ2) is 10.3. The predicted octanol–water partition coefficient (Wildman–Crippen LogP) is 4.17. The standard InChI is InChI=1S/C26H25F5N6O3/c1-12-4-5-16(26(29,30)31)20(6-12)37-25(32-14(3)34-37)22-9-21(24(39)23(11-38)40-22)36-10-19(33-35-36)15-7-17(27)13(2)18(28)8-15/h4-8,10,21-24,38-39H,9,11H2,1-3H3. The summed E-state index contributed by atoms with van der Waals surface area (Å²) >= 11 is 0. The first-order valence-corrected chi connectivity index (χ1v) is 12.3. The monoisotopic (exact) mass is 564 g/mol. The molecule has 0 amide bonds. The van der Waals surface area contributed by atoms with E-state index in [1.54, 1.807) is 6.92 Å². The van der Waals surface area contributed by atoms with Crippen LogP contribution in [0.15, 0.2) is 36.5 Å². The van der Waals surface area contributed by atoms with E-state index in [1.807, 2.05) is 0 Å². The number of aliphatic hydroxyl groups is 2. The normalized spacial score (nSPS) is 21.6. The van der Waals surface area contributed by atoms with Gasteiger partial charge in [0.25, 0.3) is 0 Å². The first kappa shape index (κ1) is 27.8. The van der Waals surface area contributed by atoms with Crippen molar-refractivity contribution in [3.05, 3.63) is 76.5 Å². The molecule has 2 N–H and O–H groups in total. The van der Waals surface area contributed by atoms with Gasteiger partial charge in [0.15, 0.2) is 5.82 Å². The molecule has 2 aromatic heterocycles. The van der Waals surface area contributed by atoms with Gasteiger partial charge in [0.05, 0.1) is 30.1 Å². The maximum absolute atomic E-state index is 14.1. The van der Waals surface area contributed by atoms with Crippen molar-refractivity contribution >= 4 is 0 Å². The highest BCUT2D eigenvalue weighted by atomic mass is 19.4. The fourth-order valence-electron chi connectivity index (χ4n) is 4.77. The van der Waals surface area contributed by atoms with E-state index in [-0.39, 0.29) is 40.6 Å². The molecule has 1 aliphatic rings. The van der Waals surface area contributed by atoms with Crippen LogP contribution in [0, 0.1) is 32.4 Å². The molecule has 1 saturated heterocycles. The van der Waals surface area contributed by atoms with E-state index in [9.17, 15) is 32.2 Å². The average molecular weight is 565 g/mol. The van der Waals surface area contributed by atoms with Crippen molar-refractivity contribution in [1.82, 2.24) is 29.8 Å². The van der Waals surface area contributed by atoms with E-state index in [4.69, 9.17) is 4.74 Å². The van der Waals surface area contributed by atoms with Gasteiger partial charge in [-0.15, -0.1) is 5.10 Å². The van der Waals surface area contributed by atoms with Crippen LogP contribution in [-0.2, 0) is 10.9 Å². The molecule has 0 saturated carbocycles. The van der Waals surface area contributed by atoms with Crippen molar-refractivity contribution in [2.75, 3.05) is 6.61 Å². The summed E-state index contributed by atoms with van der Waals surface area (Å²) < 4.78 is 78.1. The van der Waals surface area contributed by atoms with Gasteiger partial charge < -0.3 is 14.9 Å². The lowest BCUT2D eigenvalue weighted by molar-refractivity contribution is -0.161. The fraction of sp³-hybridized carbons (Fsp3) is 0.385. The van der Waals surface area contributed by atoms with E-state index in [0.717, 1.165) is 22.9 Å². The molecule has 212 valence electrons. The van der Waals surface area contributed by atoms with Gasteiger partial charge in [0, 0.05) is 17.5 Å². The molecule has 0 spiro atoms. The molecular weight excluding hydrogens is 539 g/mol. The first-order chi connectivity index (χ1) is 18.9. The molecule has 0 bridgehead atoms. The lowest BCUT2D eigenvalue weighted by Crippen LogP contribution is -2.45. The van der Waals surface area contributed by atoms with E-state index in [2.05, 4.69) is 20.4 Å². The lowest BCUT2D eigenvalue weighted by Gasteiger charge is -2.38. The number of ether oxygens (including phenoxy) is 1. The van der Waals surface area contributed by atoms with Gasteiger partial charge in [-0.05, 0) is 50.6 Å². The summed E-state index contributed by atoms with van der Waals surface area (Å²) in [6, 6.07) is 4.97. The Morgan fingerprint density at radius 1 is 1.07 bits per heavy atom. The van der Waals surface area contributed by atoms with Crippen LogP contribution >= 0.6 is 0 Å². The predicted molar refractivity (Wildman–Crippen MR) is 130 cm³/mol. The summed E-state index contributed by atoms with van der Waals surface area (Å²) in [4.78, 5) is 4.33. The van der Waals surface area contributed by atoms with Crippen molar-refractivity contribution in [3.8, 4) is 16.9 Å². The molecule has 9 nitrogen and oxygen atoms in total. The lowest BCUT2D eigenvalue weighted by atomic mass is 9.95. The Morgan fingerprint density at radius 2 is 1.77 bits per heavy atom. The minimum Gasteiger partial charge on any atom is -0.394 e. The highest BCUT2D eigenvalue weighted by Crippen LogP contribution is 2.40. The van der Waals surface area contributed by atoms with Crippen molar-refractivity contribution in [1.29, 1.82) is 0 Å².